The third-order valence-corrected chi connectivity index (χ3v) is 5.61. The van der Waals surface area contributed by atoms with Gasteiger partial charge < -0.3 is 10.1 Å². The molecule has 0 aromatic carbocycles. The summed E-state index contributed by atoms with van der Waals surface area (Å²) in [5.41, 5.74) is 0. The van der Waals surface area contributed by atoms with Gasteiger partial charge in [-0.2, -0.15) is 0 Å². The largest absolute Gasteiger partial charge is 0.381 e. The number of rotatable bonds is 5. The van der Waals surface area contributed by atoms with E-state index in [2.05, 4.69) is 31.8 Å². The van der Waals surface area contributed by atoms with Crippen LogP contribution in [0.1, 0.15) is 46.0 Å². The molecule has 1 N–H and O–H groups in total. The molecule has 2 aliphatic carbocycles. The molecule has 2 fully saturated rings. The molecule has 110 valence electrons. The maximum absolute atomic E-state index is 5.60. The molecule has 0 radical (unpaired) electrons. The molecule has 0 aromatic rings. The molecule has 0 saturated heterocycles. The van der Waals surface area contributed by atoms with E-state index >= 15 is 0 Å². The van der Waals surface area contributed by atoms with E-state index in [4.69, 9.17) is 4.74 Å². The first-order valence-electron chi connectivity index (χ1n) is 8.08. The smallest absolute Gasteiger partial charge is 0.0577 e. The Morgan fingerprint density at radius 1 is 1.26 bits per heavy atom. The number of hydrogen-bond acceptors (Lipinski definition) is 2. The van der Waals surface area contributed by atoms with E-state index in [1.165, 1.54) is 32.1 Å². The highest BCUT2D eigenvalue weighted by Crippen LogP contribution is 2.47. The van der Waals surface area contributed by atoms with Crippen LogP contribution in [0, 0.1) is 23.7 Å². The number of hydrogen-bond donors (Lipinski definition) is 1. The summed E-state index contributed by atoms with van der Waals surface area (Å²) in [7, 11) is 1.85. The number of ether oxygens (including phenoxy) is 1. The lowest BCUT2D eigenvalue weighted by Gasteiger charge is -2.46. The van der Waals surface area contributed by atoms with E-state index in [9.17, 15) is 0 Å². The lowest BCUT2D eigenvalue weighted by molar-refractivity contribution is -0.00901. The average molecular weight is 265 g/mol. The Labute approximate surface area is 119 Å². The van der Waals surface area contributed by atoms with Crippen molar-refractivity contribution in [3.8, 4) is 0 Å². The second kappa shape index (κ2) is 6.90. The van der Waals surface area contributed by atoms with Gasteiger partial charge in [0.2, 0.25) is 0 Å². The Balaban J connectivity index is 1.99. The normalized spacial score (nSPS) is 40.5. The van der Waals surface area contributed by atoms with Crippen molar-refractivity contribution in [3.05, 3.63) is 12.7 Å². The van der Waals surface area contributed by atoms with Crippen LogP contribution in [0.2, 0.25) is 0 Å². The highest BCUT2D eigenvalue weighted by atomic mass is 16.5. The summed E-state index contributed by atoms with van der Waals surface area (Å²) < 4.78 is 5.60. The van der Waals surface area contributed by atoms with E-state index in [-0.39, 0.29) is 0 Å². The summed E-state index contributed by atoms with van der Waals surface area (Å²) in [6.45, 7) is 9.63. The molecule has 19 heavy (non-hydrogen) atoms. The van der Waals surface area contributed by atoms with E-state index in [0.717, 1.165) is 24.4 Å². The van der Waals surface area contributed by atoms with Gasteiger partial charge in [0.1, 0.15) is 0 Å². The second-order valence-electron chi connectivity index (χ2n) is 6.56. The topological polar surface area (TPSA) is 21.3 Å². The third-order valence-electron chi connectivity index (χ3n) is 5.61. The van der Waals surface area contributed by atoms with Crippen LogP contribution in [0.15, 0.2) is 12.7 Å². The summed E-state index contributed by atoms with van der Waals surface area (Å²) in [6.07, 6.45) is 9.37. The van der Waals surface area contributed by atoms with Crippen LogP contribution < -0.4 is 5.32 Å². The first-order chi connectivity index (χ1) is 9.19. The summed E-state index contributed by atoms with van der Waals surface area (Å²) in [5.74, 6) is 3.16. The van der Waals surface area contributed by atoms with Gasteiger partial charge >= 0.3 is 0 Å². The van der Waals surface area contributed by atoms with Gasteiger partial charge in [0.15, 0.2) is 0 Å². The highest BCUT2D eigenvalue weighted by molar-refractivity contribution is 4.98. The fraction of sp³-hybridized carbons (Fsp3) is 0.882. The molecule has 2 saturated carbocycles. The highest BCUT2D eigenvalue weighted by Gasteiger charge is 2.40. The first kappa shape index (κ1) is 15.1. The molecule has 0 aromatic heterocycles. The molecular weight excluding hydrogens is 234 g/mol. The SMILES string of the molecule is C=CC1CC2C[C@H](NCC)CCC2CC1C(C)OC. The van der Waals surface area contributed by atoms with Crippen LogP contribution in [-0.4, -0.2) is 25.8 Å². The Kier molecular flexibility index (Phi) is 5.47. The molecule has 6 atom stereocenters. The first-order valence-corrected chi connectivity index (χ1v) is 8.08. The van der Waals surface area contributed by atoms with Gasteiger partial charge in [0, 0.05) is 13.2 Å². The third kappa shape index (κ3) is 3.41. The Bertz CT molecular complexity index is 291. The van der Waals surface area contributed by atoms with Gasteiger partial charge in [-0.15, -0.1) is 6.58 Å². The molecule has 0 spiro atoms. The average Bonchev–Trinajstić information content (AvgIpc) is 2.45. The zero-order valence-electron chi connectivity index (χ0n) is 12.9. The molecule has 2 nitrogen and oxygen atoms in total. The minimum Gasteiger partial charge on any atom is -0.381 e. The van der Waals surface area contributed by atoms with E-state index in [1.807, 2.05) is 7.11 Å². The molecule has 0 amide bonds. The molecule has 5 unspecified atom stereocenters. The van der Waals surface area contributed by atoms with Crippen molar-refractivity contribution in [1.82, 2.24) is 5.32 Å². The zero-order chi connectivity index (χ0) is 13.8. The van der Waals surface area contributed by atoms with Crippen LogP contribution in [0.5, 0.6) is 0 Å². The molecule has 2 heteroatoms. The lowest BCUT2D eigenvalue weighted by Crippen LogP contribution is -2.43. The quantitative estimate of drug-likeness (QED) is 0.767. The van der Waals surface area contributed by atoms with Crippen molar-refractivity contribution in [3.63, 3.8) is 0 Å². The minimum atomic E-state index is 0.371. The molecule has 0 bridgehead atoms. The van der Waals surface area contributed by atoms with Gasteiger partial charge in [-0.05, 0) is 69.2 Å². The second-order valence-corrected chi connectivity index (χ2v) is 6.56. The van der Waals surface area contributed by atoms with E-state index < -0.39 is 0 Å². The Morgan fingerprint density at radius 3 is 2.68 bits per heavy atom. The lowest BCUT2D eigenvalue weighted by atomic mass is 9.61. The van der Waals surface area contributed by atoms with Gasteiger partial charge in [-0.25, -0.2) is 0 Å². The standard InChI is InChI=1S/C17H31NO/c1-5-13-9-15-10-16(18-6-2)8-7-14(15)11-17(13)12(3)19-4/h5,12-18H,1,6-11H2,2-4H3/t12?,13?,14?,15?,16-,17?/m1/s1. The molecule has 0 heterocycles. The van der Waals surface area contributed by atoms with Crippen LogP contribution in [0.4, 0.5) is 0 Å². The summed E-state index contributed by atoms with van der Waals surface area (Å²) in [4.78, 5) is 0. The molecule has 2 aliphatic rings. The minimum absolute atomic E-state index is 0.371. The van der Waals surface area contributed by atoms with Crippen molar-refractivity contribution in [2.75, 3.05) is 13.7 Å². The number of allylic oxidation sites excluding steroid dienone is 1. The van der Waals surface area contributed by atoms with Crippen LogP contribution in [0.25, 0.3) is 0 Å². The van der Waals surface area contributed by atoms with Crippen molar-refractivity contribution < 1.29 is 4.74 Å². The van der Waals surface area contributed by atoms with Gasteiger partial charge in [-0.1, -0.05) is 13.0 Å². The molecule has 0 aliphatic heterocycles. The Morgan fingerprint density at radius 2 is 2.05 bits per heavy atom. The predicted molar refractivity (Wildman–Crippen MR) is 81.2 cm³/mol. The van der Waals surface area contributed by atoms with Crippen molar-refractivity contribution in [2.24, 2.45) is 23.7 Å². The maximum Gasteiger partial charge on any atom is 0.0577 e. The van der Waals surface area contributed by atoms with Gasteiger partial charge in [0.05, 0.1) is 6.10 Å². The van der Waals surface area contributed by atoms with E-state index in [0.29, 0.717) is 17.9 Å². The summed E-state index contributed by atoms with van der Waals surface area (Å²) in [6, 6.07) is 0.758. The fourth-order valence-electron chi connectivity index (χ4n) is 4.43. The van der Waals surface area contributed by atoms with E-state index in [1.54, 1.807) is 0 Å². The number of methoxy groups -OCH3 is 1. The number of nitrogens with one attached hydrogen (secondary N) is 1. The summed E-state index contributed by atoms with van der Waals surface area (Å²) in [5, 5.41) is 3.64. The van der Waals surface area contributed by atoms with Crippen LogP contribution in [-0.2, 0) is 4.74 Å². The number of fused-ring (bicyclic) bond motifs is 1. The fourth-order valence-corrected chi connectivity index (χ4v) is 4.43. The maximum atomic E-state index is 5.60. The Hall–Kier alpha value is -0.340. The van der Waals surface area contributed by atoms with Gasteiger partial charge in [0.25, 0.3) is 0 Å². The summed E-state index contributed by atoms with van der Waals surface area (Å²) >= 11 is 0. The van der Waals surface area contributed by atoms with Crippen molar-refractivity contribution in [2.45, 2.75) is 58.1 Å². The zero-order valence-corrected chi connectivity index (χ0v) is 12.9. The molecule has 2 rings (SSSR count). The monoisotopic (exact) mass is 265 g/mol. The molecular formula is C17H31NO. The van der Waals surface area contributed by atoms with Crippen LogP contribution >= 0.6 is 0 Å². The van der Waals surface area contributed by atoms with Crippen LogP contribution in [0.3, 0.4) is 0 Å². The predicted octanol–water partition coefficient (Wildman–Crippen LogP) is 3.63. The van der Waals surface area contributed by atoms with Crippen molar-refractivity contribution in [1.29, 1.82) is 0 Å². The van der Waals surface area contributed by atoms with Gasteiger partial charge in [-0.3, -0.25) is 0 Å². The van der Waals surface area contributed by atoms with Crippen molar-refractivity contribution >= 4 is 0 Å².